The Balaban J connectivity index is 1.96. The molecule has 0 atom stereocenters. The number of ether oxygens (including phenoxy) is 2. The summed E-state index contributed by atoms with van der Waals surface area (Å²) in [7, 11) is 1.58. The minimum atomic E-state index is 0.311. The third-order valence-corrected chi connectivity index (χ3v) is 2.62. The molecule has 0 aliphatic carbocycles. The molecule has 2 N–H and O–H groups in total. The van der Waals surface area contributed by atoms with Crippen LogP contribution in [-0.4, -0.2) is 17.3 Å². The molecule has 1 aromatic carbocycles. The van der Waals surface area contributed by atoms with Crippen LogP contribution in [0.15, 0.2) is 40.9 Å². The van der Waals surface area contributed by atoms with Gasteiger partial charge in [-0.3, -0.25) is 0 Å². The van der Waals surface area contributed by atoms with Crippen LogP contribution in [0.25, 0.3) is 11.1 Å². The maximum atomic E-state index is 5.65. The van der Waals surface area contributed by atoms with E-state index in [1.807, 2.05) is 12.1 Å². The van der Waals surface area contributed by atoms with Gasteiger partial charge in [-0.15, -0.1) is 0 Å². The third kappa shape index (κ3) is 2.03. The number of hydrogen-bond donors (Lipinski definition) is 1. The van der Waals surface area contributed by atoms with Gasteiger partial charge in [0.2, 0.25) is 5.88 Å². The molecule has 2 heterocycles. The number of nitrogens with two attached hydrogens (primary N) is 1. The highest BCUT2D eigenvalue weighted by atomic mass is 16.5. The standard InChI is InChI=1S/C13H11N3O3/c1-17-9-4-2-3-5-10(9)18-11-7-6-8-12(14)16-19-13(8)15-11/h2-7H,1H3,(H2,14,16). The summed E-state index contributed by atoms with van der Waals surface area (Å²) in [4.78, 5) is 4.18. The van der Waals surface area contributed by atoms with Gasteiger partial charge in [-0.1, -0.05) is 17.3 Å². The fourth-order valence-electron chi connectivity index (χ4n) is 1.70. The van der Waals surface area contributed by atoms with Crippen LogP contribution in [-0.2, 0) is 0 Å². The summed E-state index contributed by atoms with van der Waals surface area (Å²) >= 11 is 0. The molecule has 96 valence electrons. The van der Waals surface area contributed by atoms with Crippen LogP contribution in [0.4, 0.5) is 5.82 Å². The molecule has 0 bridgehead atoms. The second kappa shape index (κ2) is 4.49. The normalized spacial score (nSPS) is 10.6. The Labute approximate surface area is 108 Å². The SMILES string of the molecule is COc1ccccc1Oc1ccc2c(N)noc2n1. The van der Waals surface area contributed by atoms with Gasteiger partial charge in [-0.2, -0.15) is 4.98 Å². The number of fused-ring (bicyclic) bond motifs is 1. The molecule has 0 aliphatic rings. The summed E-state index contributed by atoms with van der Waals surface area (Å²) in [5.74, 6) is 1.89. The highest BCUT2D eigenvalue weighted by Crippen LogP contribution is 2.31. The zero-order valence-corrected chi connectivity index (χ0v) is 10.2. The zero-order valence-electron chi connectivity index (χ0n) is 10.2. The fourth-order valence-corrected chi connectivity index (χ4v) is 1.70. The Morgan fingerprint density at radius 3 is 2.68 bits per heavy atom. The van der Waals surface area contributed by atoms with Crippen molar-refractivity contribution < 1.29 is 14.0 Å². The molecule has 0 spiro atoms. The maximum absolute atomic E-state index is 5.65. The first-order valence-electron chi connectivity index (χ1n) is 5.60. The van der Waals surface area contributed by atoms with Crippen LogP contribution < -0.4 is 15.2 Å². The average Bonchev–Trinajstić information content (AvgIpc) is 2.81. The number of nitrogens with zero attached hydrogens (tertiary/aromatic N) is 2. The van der Waals surface area contributed by atoms with E-state index in [9.17, 15) is 0 Å². The molecule has 0 saturated heterocycles. The Morgan fingerprint density at radius 2 is 1.89 bits per heavy atom. The van der Waals surface area contributed by atoms with Crippen molar-refractivity contribution in [2.75, 3.05) is 12.8 Å². The summed E-state index contributed by atoms with van der Waals surface area (Å²) < 4.78 is 15.8. The summed E-state index contributed by atoms with van der Waals surface area (Å²) in [5, 5.41) is 4.30. The number of methoxy groups -OCH3 is 1. The first-order chi connectivity index (χ1) is 9.28. The van der Waals surface area contributed by atoms with Crippen LogP contribution >= 0.6 is 0 Å². The summed E-state index contributed by atoms with van der Waals surface area (Å²) in [5.41, 5.74) is 5.96. The molecule has 0 radical (unpaired) electrons. The Bertz CT molecular complexity index is 724. The number of rotatable bonds is 3. The highest BCUT2D eigenvalue weighted by Gasteiger charge is 2.10. The number of pyridine rings is 1. The van der Waals surface area contributed by atoms with Crippen molar-refractivity contribution in [3.63, 3.8) is 0 Å². The fraction of sp³-hybridized carbons (Fsp3) is 0.0769. The third-order valence-electron chi connectivity index (χ3n) is 2.62. The van der Waals surface area contributed by atoms with Gasteiger partial charge in [0, 0.05) is 6.07 Å². The summed E-state index contributed by atoms with van der Waals surface area (Å²) in [6.07, 6.45) is 0. The van der Waals surface area contributed by atoms with Gasteiger partial charge in [0.1, 0.15) is 0 Å². The lowest BCUT2D eigenvalue weighted by atomic mass is 10.3. The van der Waals surface area contributed by atoms with E-state index in [0.29, 0.717) is 34.3 Å². The monoisotopic (exact) mass is 257 g/mol. The molecule has 3 rings (SSSR count). The first-order valence-corrected chi connectivity index (χ1v) is 5.60. The van der Waals surface area contributed by atoms with Gasteiger partial charge in [0.15, 0.2) is 17.3 Å². The van der Waals surface area contributed by atoms with E-state index in [1.165, 1.54) is 0 Å². The van der Waals surface area contributed by atoms with Gasteiger partial charge in [0.25, 0.3) is 5.71 Å². The van der Waals surface area contributed by atoms with Crippen LogP contribution in [0, 0.1) is 0 Å². The topological polar surface area (TPSA) is 83.4 Å². The number of nitrogen functional groups attached to an aromatic ring is 1. The quantitative estimate of drug-likeness (QED) is 0.776. The van der Waals surface area contributed by atoms with Crippen molar-refractivity contribution >= 4 is 16.9 Å². The molecule has 0 unspecified atom stereocenters. The molecule has 0 saturated carbocycles. The van der Waals surface area contributed by atoms with Crippen molar-refractivity contribution in [1.29, 1.82) is 0 Å². The molecule has 0 amide bonds. The van der Waals surface area contributed by atoms with Gasteiger partial charge >= 0.3 is 0 Å². The number of anilines is 1. The van der Waals surface area contributed by atoms with Crippen LogP contribution in [0.5, 0.6) is 17.4 Å². The van der Waals surface area contributed by atoms with E-state index >= 15 is 0 Å². The van der Waals surface area contributed by atoms with Crippen molar-refractivity contribution in [3.05, 3.63) is 36.4 Å². The Kier molecular flexibility index (Phi) is 2.68. The lowest BCUT2D eigenvalue weighted by Crippen LogP contribution is -1.91. The zero-order chi connectivity index (χ0) is 13.2. The van der Waals surface area contributed by atoms with Crippen molar-refractivity contribution in [1.82, 2.24) is 10.1 Å². The molecule has 3 aromatic rings. The van der Waals surface area contributed by atoms with Gasteiger partial charge < -0.3 is 19.7 Å². The van der Waals surface area contributed by atoms with E-state index in [1.54, 1.807) is 31.4 Å². The molecule has 6 nitrogen and oxygen atoms in total. The van der Waals surface area contributed by atoms with Crippen LogP contribution in [0.3, 0.4) is 0 Å². The number of aromatic nitrogens is 2. The smallest absolute Gasteiger partial charge is 0.263 e. The molecular weight excluding hydrogens is 246 g/mol. The van der Waals surface area contributed by atoms with E-state index in [2.05, 4.69) is 10.1 Å². The molecule has 2 aromatic heterocycles. The predicted octanol–water partition coefficient (Wildman–Crippen LogP) is 2.61. The van der Waals surface area contributed by atoms with Crippen molar-refractivity contribution in [2.24, 2.45) is 0 Å². The van der Waals surface area contributed by atoms with E-state index < -0.39 is 0 Å². The predicted molar refractivity (Wildman–Crippen MR) is 69.3 cm³/mol. The average molecular weight is 257 g/mol. The minimum absolute atomic E-state index is 0.311. The van der Waals surface area contributed by atoms with Gasteiger partial charge in [-0.05, 0) is 18.2 Å². The number of benzene rings is 1. The number of hydrogen-bond acceptors (Lipinski definition) is 6. The van der Waals surface area contributed by atoms with Crippen LogP contribution in [0.2, 0.25) is 0 Å². The molecular formula is C13H11N3O3. The van der Waals surface area contributed by atoms with Crippen LogP contribution in [0.1, 0.15) is 0 Å². The molecule has 0 aliphatic heterocycles. The summed E-state index contributed by atoms with van der Waals surface area (Å²) in [6, 6.07) is 10.8. The first kappa shape index (κ1) is 11.3. The molecule has 0 fully saturated rings. The Hall–Kier alpha value is -2.76. The molecule has 19 heavy (non-hydrogen) atoms. The van der Waals surface area contributed by atoms with E-state index in [-0.39, 0.29) is 0 Å². The second-order valence-electron chi connectivity index (χ2n) is 3.82. The Morgan fingerprint density at radius 1 is 1.11 bits per heavy atom. The van der Waals surface area contributed by atoms with Crippen molar-refractivity contribution in [2.45, 2.75) is 0 Å². The summed E-state index contributed by atoms with van der Waals surface area (Å²) in [6.45, 7) is 0. The molecule has 6 heteroatoms. The highest BCUT2D eigenvalue weighted by molar-refractivity contribution is 5.84. The largest absolute Gasteiger partial charge is 0.493 e. The van der Waals surface area contributed by atoms with Gasteiger partial charge in [0.05, 0.1) is 12.5 Å². The minimum Gasteiger partial charge on any atom is -0.493 e. The van der Waals surface area contributed by atoms with E-state index in [4.69, 9.17) is 19.7 Å². The van der Waals surface area contributed by atoms with E-state index in [0.717, 1.165) is 0 Å². The van der Waals surface area contributed by atoms with Gasteiger partial charge in [-0.25, -0.2) is 0 Å². The number of para-hydroxylation sites is 2. The maximum Gasteiger partial charge on any atom is 0.263 e. The lowest BCUT2D eigenvalue weighted by Gasteiger charge is -2.08. The second-order valence-corrected chi connectivity index (χ2v) is 3.82. The lowest BCUT2D eigenvalue weighted by molar-refractivity contribution is 0.373. The van der Waals surface area contributed by atoms with Crippen molar-refractivity contribution in [3.8, 4) is 17.4 Å².